The minimum absolute atomic E-state index is 0.261. The van der Waals surface area contributed by atoms with E-state index < -0.39 is 5.60 Å². The number of fused-ring (bicyclic) bond motifs is 3. The van der Waals surface area contributed by atoms with E-state index in [1.807, 2.05) is 39.8 Å². The number of amides is 1. The first-order chi connectivity index (χ1) is 9.35. The molecule has 0 aliphatic carbocycles. The lowest BCUT2D eigenvalue weighted by Gasteiger charge is -2.24. The van der Waals surface area contributed by atoms with Crippen molar-refractivity contribution in [2.45, 2.75) is 39.7 Å². The van der Waals surface area contributed by atoms with Gasteiger partial charge in [0.25, 0.3) is 0 Å². The number of nitrogens with one attached hydrogen (secondary N) is 1. The van der Waals surface area contributed by atoms with Crippen molar-refractivity contribution >= 4 is 22.7 Å². The summed E-state index contributed by atoms with van der Waals surface area (Å²) in [5.74, 6) is 0. The highest BCUT2D eigenvalue weighted by molar-refractivity contribution is 5.97. The number of aromatic nitrogens is 1. The molecule has 0 saturated carbocycles. The van der Waals surface area contributed by atoms with Crippen molar-refractivity contribution in [2.75, 3.05) is 11.4 Å². The monoisotopic (exact) mass is 272 g/mol. The fourth-order valence-electron chi connectivity index (χ4n) is 2.76. The molecule has 106 valence electrons. The van der Waals surface area contributed by atoms with Gasteiger partial charge in [0.15, 0.2) is 0 Å². The van der Waals surface area contributed by atoms with E-state index in [2.05, 4.69) is 11.1 Å². The number of carbonyl (C=O) groups excluding carboxylic acids is 1. The Hall–Kier alpha value is -1.97. The molecule has 0 saturated heterocycles. The lowest BCUT2D eigenvalue weighted by atomic mass is 10.1. The standard InChI is InChI=1S/C16H20N2O2/c1-10-9-12-11-7-8-18(15(19)20-16(2,3)4)14(11)6-5-13(12)17-10/h5-6,9,17H,7-8H2,1-4H3. The Labute approximate surface area is 118 Å². The number of nitrogens with zero attached hydrogens (tertiary/aromatic N) is 1. The maximum Gasteiger partial charge on any atom is 0.414 e. The van der Waals surface area contributed by atoms with Gasteiger partial charge in [0.05, 0.1) is 5.69 Å². The van der Waals surface area contributed by atoms with Crippen LogP contribution in [0.4, 0.5) is 10.5 Å². The van der Waals surface area contributed by atoms with Crippen molar-refractivity contribution in [3.63, 3.8) is 0 Å². The van der Waals surface area contributed by atoms with Crippen LogP contribution in [0, 0.1) is 6.92 Å². The summed E-state index contributed by atoms with van der Waals surface area (Å²) in [5, 5.41) is 1.21. The van der Waals surface area contributed by atoms with Gasteiger partial charge in [0.2, 0.25) is 0 Å². The van der Waals surface area contributed by atoms with Gasteiger partial charge in [-0.1, -0.05) is 0 Å². The van der Waals surface area contributed by atoms with E-state index in [0.717, 1.165) is 23.3 Å². The van der Waals surface area contributed by atoms with Crippen LogP contribution in [0.25, 0.3) is 10.9 Å². The van der Waals surface area contributed by atoms with Gasteiger partial charge in [-0.05, 0) is 57.9 Å². The van der Waals surface area contributed by atoms with Crippen LogP contribution < -0.4 is 4.90 Å². The third-order valence-corrected chi connectivity index (χ3v) is 3.52. The van der Waals surface area contributed by atoms with Gasteiger partial charge in [0.1, 0.15) is 5.60 Å². The van der Waals surface area contributed by atoms with Crippen LogP contribution in [0.1, 0.15) is 32.0 Å². The van der Waals surface area contributed by atoms with Gasteiger partial charge in [-0.25, -0.2) is 4.79 Å². The highest BCUT2D eigenvalue weighted by Gasteiger charge is 2.30. The number of aryl methyl sites for hydroxylation is 1. The van der Waals surface area contributed by atoms with Crippen LogP contribution >= 0.6 is 0 Å². The Morgan fingerprint density at radius 3 is 2.80 bits per heavy atom. The summed E-state index contributed by atoms with van der Waals surface area (Å²) in [7, 11) is 0. The van der Waals surface area contributed by atoms with E-state index in [9.17, 15) is 4.79 Å². The summed E-state index contributed by atoms with van der Waals surface area (Å²) in [6.45, 7) is 8.41. The third kappa shape index (κ3) is 2.15. The number of hydrogen-bond acceptors (Lipinski definition) is 2. The topological polar surface area (TPSA) is 45.3 Å². The second-order valence-corrected chi connectivity index (χ2v) is 6.36. The average Bonchev–Trinajstić information content (AvgIpc) is 2.87. The zero-order chi connectivity index (χ0) is 14.5. The van der Waals surface area contributed by atoms with Gasteiger partial charge >= 0.3 is 6.09 Å². The van der Waals surface area contributed by atoms with E-state index in [-0.39, 0.29) is 6.09 Å². The molecule has 0 radical (unpaired) electrons. The highest BCUT2D eigenvalue weighted by atomic mass is 16.6. The Morgan fingerprint density at radius 2 is 2.10 bits per heavy atom. The molecule has 1 aliphatic rings. The van der Waals surface area contributed by atoms with Crippen LogP contribution in [-0.4, -0.2) is 23.2 Å². The molecular formula is C16H20N2O2. The molecule has 4 nitrogen and oxygen atoms in total. The van der Waals surface area contributed by atoms with Crippen molar-refractivity contribution in [2.24, 2.45) is 0 Å². The van der Waals surface area contributed by atoms with Gasteiger partial charge in [-0.15, -0.1) is 0 Å². The quantitative estimate of drug-likeness (QED) is 0.793. The van der Waals surface area contributed by atoms with Crippen molar-refractivity contribution in [3.05, 3.63) is 29.5 Å². The first-order valence-corrected chi connectivity index (χ1v) is 6.97. The number of ether oxygens (including phenoxy) is 1. The summed E-state index contributed by atoms with van der Waals surface area (Å²) in [5.41, 5.74) is 4.02. The number of rotatable bonds is 0. The number of aromatic amines is 1. The molecule has 20 heavy (non-hydrogen) atoms. The molecule has 1 N–H and O–H groups in total. The summed E-state index contributed by atoms with van der Waals surface area (Å²) in [4.78, 5) is 17.3. The van der Waals surface area contributed by atoms with E-state index in [1.165, 1.54) is 10.9 Å². The number of hydrogen-bond donors (Lipinski definition) is 1. The van der Waals surface area contributed by atoms with Gasteiger partial charge in [-0.3, -0.25) is 4.90 Å². The minimum Gasteiger partial charge on any atom is -0.443 e. The molecule has 0 atom stereocenters. The van der Waals surface area contributed by atoms with Crippen LogP contribution in [0.3, 0.4) is 0 Å². The number of benzene rings is 1. The van der Waals surface area contributed by atoms with Gasteiger partial charge in [0, 0.05) is 23.1 Å². The molecule has 0 spiro atoms. The van der Waals surface area contributed by atoms with E-state index >= 15 is 0 Å². The average molecular weight is 272 g/mol. The Bertz CT molecular complexity index is 680. The molecule has 2 aromatic rings. The predicted octanol–water partition coefficient (Wildman–Crippen LogP) is 3.77. The first-order valence-electron chi connectivity index (χ1n) is 6.97. The second-order valence-electron chi connectivity index (χ2n) is 6.36. The predicted molar refractivity (Wildman–Crippen MR) is 80.3 cm³/mol. The zero-order valence-corrected chi connectivity index (χ0v) is 12.4. The Balaban J connectivity index is 1.98. The molecule has 3 rings (SSSR count). The van der Waals surface area contributed by atoms with Crippen LogP contribution in [0.5, 0.6) is 0 Å². The normalized spacial score (nSPS) is 14.7. The lowest BCUT2D eigenvalue weighted by Crippen LogP contribution is -2.35. The summed E-state index contributed by atoms with van der Waals surface area (Å²) >= 11 is 0. The van der Waals surface area contributed by atoms with E-state index in [0.29, 0.717) is 6.54 Å². The van der Waals surface area contributed by atoms with Crippen molar-refractivity contribution in [1.82, 2.24) is 4.98 Å². The highest BCUT2D eigenvalue weighted by Crippen LogP contribution is 2.35. The smallest absolute Gasteiger partial charge is 0.414 e. The fourth-order valence-corrected chi connectivity index (χ4v) is 2.76. The van der Waals surface area contributed by atoms with E-state index in [1.54, 1.807) is 4.90 Å². The number of H-pyrrole nitrogens is 1. The fraction of sp³-hybridized carbons (Fsp3) is 0.438. The lowest BCUT2D eigenvalue weighted by molar-refractivity contribution is 0.0584. The molecular weight excluding hydrogens is 252 g/mol. The second kappa shape index (κ2) is 4.27. The SMILES string of the molecule is Cc1cc2c3c(ccc2[nH]1)N(C(=O)OC(C)(C)C)CC3. The number of anilines is 1. The van der Waals surface area contributed by atoms with Crippen molar-refractivity contribution in [3.8, 4) is 0 Å². The molecule has 1 aromatic carbocycles. The molecule has 0 fully saturated rings. The summed E-state index contributed by atoms with van der Waals surface area (Å²) < 4.78 is 5.47. The molecule has 1 aliphatic heterocycles. The molecule has 0 unspecified atom stereocenters. The van der Waals surface area contributed by atoms with Gasteiger partial charge in [-0.2, -0.15) is 0 Å². The van der Waals surface area contributed by atoms with Crippen LogP contribution in [0.15, 0.2) is 18.2 Å². The largest absolute Gasteiger partial charge is 0.443 e. The molecule has 4 heteroatoms. The number of carbonyl (C=O) groups is 1. The Morgan fingerprint density at radius 1 is 1.35 bits per heavy atom. The third-order valence-electron chi connectivity index (χ3n) is 3.52. The van der Waals surface area contributed by atoms with Crippen molar-refractivity contribution < 1.29 is 9.53 Å². The molecule has 0 bridgehead atoms. The summed E-state index contributed by atoms with van der Waals surface area (Å²) in [6.07, 6.45) is 0.617. The van der Waals surface area contributed by atoms with Gasteiger partial charge < -0.3 is 9.72 Å². The minimum atomic E-state index is -0.464. The molecule has 1 aromatic heterocycles. The summed E-state index contributed by atoms with van der Waals surface area (Å²) in [6, 6.07) is 6.18. The molecule has 1 amide bonds. The molecule has 2 heterocycles. The first kappa shape index (κ1) is 13.0. The van der Waals surface area contributed by atoms with Crippen LogP contribution in [0.2, 0.25) is 0 Å². The maximum absolute atomic E-state index is 12.3. The van der Waals surface area contributed by atoms with Crippen molar-refractivity contribution in [1.29, 1.82) is 0 Å². The zero-order valence-electron chi connectivity index (χ0n) is 12.4. The maximum atomic E-state index is 12.3. The Kier molecular flexibility index (Phi) is 2.78. The van der Waals surface area contributed by atoms with Crippen LogP contribution in [-0.2, 0) is 11.2 Å². The van der Waals surface area contributed by atoms with E-state index in [4.69, 9.17) is 4.74 Å².